The molecule has 2 heterocycles. The fraction of sp³-hybridized carbons (Fsp3) is 0.455. The molecule has 120 valence electrons. The summed E-state index contributed by atoms with van der Waals surface area (Å²) in [6, 6.07) is 0. The van der Waals surface area contributed by atoms with E-state index in [2.05, 4.69) is 9.97 Å². The van der Waals surface area contributed by atoms with Gasteiger partial charge in [-0.15, -0.1) is 0 Å². The molecule has 11 heteroatoms. The summed E-state index contributed by atoms with van der Waals surface area (Å²) < 4.78 is 0.830. The van der Waals surface area contributed by atoms with E-state index in [9.17, 15) is 29.7 Å². The number of nitrogens with zero attached hydrogens (tertiary/aromatic N) is 2. The van der Waals surface area contributed by atoms with Crippen molar-refractivity contribution >= 4 is 11.2 Å². The van der Waals surface area contributed by atoms with Gasteiger partial charge in [-0.2, -0.15) is 0 Å². The van der Waals surface area contributed by atoms with Crippen molar-refractivity contribution in [3.8, 4) is 0 Å². The molecular weight excluding hydrogens is 300 g/mol. The molecule has 6 N–H and O–H groups in total. The molecule has 2 aromatic rings. The van der Waals surface area contributed by atoms with Crippen molar-refractivity contribution < 1.29 is 20.4 Å². The topological polar surface area (TPSA) is 182 Å². The van der Waals surface area contributed by atoms with Crippen LogP contribution in [-0.4, -0.2) is 64.9 Å². The van der Waals surface area contributed by atoms with Gasteiger partial charge in [0.2, 0.25) is 0 Å². The zero-order valence-corrected chi connectivity index (χ0v) is 11.1. The number of aromatic amines is 2. The number of fused-ring (bicyclic) bond motifs is 1. The quantitative estimate of drug-likeness (QED) is 0.321. The molecule has 0 aliphatic heterocycles. The molecule has 0 aromatic carbocycles. The number of rotatable bonds is 5. The van der Waals surface area contributed by atoms with Crippen LogP contribution in [-0.2, 0) is 6.54 Å². The van der Waals surface area contributed by atoms with Gasteiger partial charge in [-0.3, -0.25) is 24.1 Å². The highest BCUT2D eigenvalue weighted by atomic mass is 16.4. The number of aliphatic hydroxyl groups is 4. The maximum Gasteiger partial charge on any atom is 0.327 e. The van der Waals surface area contributed by atoms with Crippen LogP contribution in [0, 0.1) is 0 Å². The molecule has 11 nitrogen and oxygen atoms in total. The summed E-state index contributed by atoms with van der Waals surface area (Å²) in [4.78, 5) is 42.5. The minimum atomic E-state index is -1.73. The van der Waals surface area contributed by atoms with E-state index < -0.39 is 48.3 Å². The lowest BCUT2D eigenvalue weighted by molar-refractivity contribution is -0.0805. The first-order valence-corrected chi connectivity index (χ1v) is 6.22. The Morgan fingerprint density at radius 2 is 1.82 bits per heavy atom. The van der Waals surface area contributed by atoms with Gasteiger partial charge in [0.1, 0.15) is 24.0 Å². The molecule has 0 fully saturated rings. The Morgan fingerprint density at radius 3 is 2.45 bits per heavy atom. The maximum atomic E-state index is 11.8. The van der Waals surface area contributed by atoms with E-state index in [1.54, 1.807) is 0 Å². The number of H-pyrrole nitrogens is 2. The van der Waals surface area contributed by atoms with Crippen LogP contribution in [0.3, 0.4) is 0 Å². The average Bonchev–Trinajstić information content (AvgIpc) is 2.48. The van der Waals surface area contributed by atoms with Gasteiger partial charge in [0, 0.05) is 0 Å². The van der Waals surface area contributed by atoms with Gasteiger partial charge >= 0.3 is 5.69 Å². The first-order chi connectivity index (χ1) is 10.3. The van der Waals surface area contributed by atoms with E-state index in [1.807, 2.05) is 4.98 Å². The van der Waals surface area contributed by atoms with E-state index in [4.69, 9.17) is 5.11 Å². The normalized spacial score (nSPS) is 15.6. The van der Waals surface area contributed by atoms with Crippen molar-refractivity contribution in [2.24, 2.45) is 0 Å². The lowest BCUT2D eigenvalue weighted by Gasteiger charge is -2.22. The Morgan fingerprint density at radius 1 is 1.14 bits per heavy atom. The molecule has 0 amide bonds. The molecule has 22 heavy (non-hydrogen) atoms. The van der Waals surface area contributed by atoms with Crippen molar-refractivity contribution in [1.82, 2.24) is 19.5 Å². The van der Waals surface area contributed by atoms with Crippen molar-refractivity contribution in [3.63, 3.8) is 0 Å². The average molecular weight is 314 g/mol. The van der Waals surface area contributed by atoms with E-state index >= 15 is 0 Å². The molecule has 2 aromatic heterocycles. The van der Waals surface area contributed by atoms with Crippen molar-refractivity contribution in [1.29, 1.82) is 0 Å². The first-order valence-electron chi connectivity index (χ1n) is 6.22. The molecule has 0 bridgehead atoms. The molecule has 0 spiro atoms. The Bertz CT molecular complexity index is 839. The highest BCUT2D eigenvalue weighted by Gasteiger charge is 2.25. The Kier molecular flexibility index (Phi) is 4.51. The second-order valence-corrected chi connectivity index (χ2v) is 4.62. The van der Waals surface area contributed by atoms with E-state index in [0.29, 0.717) is 0 Å². The highest BCUT2D eigenvalue weighted by Crippen LogP contribution is 2.05. The second kappa shape index (κ2) is 6.19. The monoisotopic (exact) mass is 314 g/mol. The molecular formula is C11H14N4O7. The van der Waals surface area contributed by atoms with Gasteiger partial charge < -0.3 is 20.4 Å². The number of hydrogen-bond donors (Lipinski definition) is 6. The van der Waals surface area contributed by atoms with E-state index in [-0.39, 0.29) is 11.2 Å². The molecule has 0 radical (unpaired) electrons. The summed E-state index contributed by atoms with van der Waals surface area (Å²) in [6.45, 7) is -1.32. The summed E-state index contributed by atoms with van der Waals surface area (Å²) in [6.07, 6.45) is -4.15. The predicted octanol–water partition coefficient (Wildman–Crippen LogP) is -4.15. The molecule has 0 aliphatic rings. The number of aliphatic hydroxyl groups excluding tert-OH is 4. The number of nitrogens with one attached hydrogen (secondary N) is 2. The van der Waals surface area contributed by atoms with Crippen LogP contribution in [0.4, 0.5) is 0 Å². The van der Waals surface area contributed by atoms with Crippen LogP contribution in [0.2, 0.25) is 0 Å². The molecule has 0 saturated heterocycles. The lowest BCUT2D eigenvalue weighted by Crippen LogP contribution is -2.43. The molecule has 0 aliphatic carbocycles. The minimum Gasteiger partial charge on any atom is -0.394 e. The summed E-state index contributed by atoms with van der Waals surface area (Å²) in [5, 5.41) is 37.4. The van der Waals surface area contributed by atoms with E-state index in [0.717, 1.165) is 10.8 Å². The standard InChI is InChI=1S/C11H14N4O7/c16-3-5(18)8(20)4(17)2-15-6(19)1-12-7-9(15)13-11(22)14-10(7)21/h1,4-5,8,16-18,20H,2-3H2,(H2,13,14,21,22)/t4-,5+,8-/m0/s1. The molecule has 2 rings (SSSR count). The lowest BCUT2D eigenvalue weighted by atomic mass is 10.1. The van der Waals surface area contributed by atoms with Crippen molar-refractivity contribution in [2.45, 2.75) is 24.9 Å². The van der Waals surface area contributed by atoms with E-state index in [1.165, 1.54) is 0 Å². The zero-order chi connectivity index (χ0) is 16.4. The Balaban J connectivity index is 2.51. The molecule has 3 atom stereocenters. The van der Waals surface area contributed by atoms with Gasteiger partial charge in [-0.1, -0.05) is 0 Å². The summed E-state index contributed by atoms with van der Waals surface area (Å²) in [5.41, 5.74) is -2.89. The first kappa shape index (κ1) is 16.0. The summed E-state index contributed by atoms with van der Waals surface area (Å²) >= 11 is 0. The van der Waals surface area contributed by atoms with Crippen LogP contribution in [0.25, 0.3) is 11.2 Å². The summed E-state index contributed by atoms with van der Waals surface area (Å²) in [7, 11) is 0. The number of aromatic nitrogens is 4. The zero-order valence-electron chi connectivity index (χ0n) is 11.1. The van der Waals surface area contributed by atoms with Gasteiger partial charge in [-0.05, 0) is 0 Å². The highest BCUT2D eigenvalue weighted by molar-refractivity contribution is 5.67. The largest absolute Gasteiger partial charge is 0.394 e. The van der Waals surface area contributed by atoms with Gasteiger partial charge in [0.25, 0.3) is 11.1 Å². The Labute approximate surface area is 121 Å². The summed E-state index contributed by atoms with van der Waals surface area (Å²) in [5.74, 6) is 0. The van der Waals surface area contributed by atoms with Crippen LogP contribution in [0.1, 0.15) is 0 Å². The van der Waals surface area contributed by atoms with Crippen LogP contribution < -0.4 is 16.8 Å². The van der Waals surface area contributed by atoms with Crippen molar-refractivity contribution in [2.75, 3.05) is 6.61 Å². The fourth-order valence-electron chi connectivity index (χ4n) is 1.92. The van der Waals surface area contributed by atoms with Crippen LogP contribution >= 0.6 is 0 Å². The van der Waals surface area contributed by atoms with Gasteiger partial charge in [0.15, 0.2) is 5.52 Å². The SMILES string of the molecule is O=c1[nH]c(=O)c2ncc(=O)n(C[C@H](O)[C@H](O)[C@H](O)CO)c2[nH]1. The third kappa shape index (κ3) is 2.96. The van der Waals surface area contributed by atoms with Crippen LogP contribution in [0.15, 0.2) is 20.6 Å². The van der Waals surface area contributed by atoms with Crippen molar-refractivity contribution in [3.05, 3.63) is 37.4 Å². The maximum absolute atomic E-state index is 11.8. The minimum absolute atomic E-state index is 0.231. The Hall–Kier alpha value is -2.34. The second-order valence-electron chi connectivity index (χ2n) is 4.62. The predicted molar refractivity (Wildman–Crippen MR) is 72.4 cm³/mol. The van der Waals surface area contributed by atoms with Crippen LogP contribution in [0.5, 0.6) is 0 Å². The smallest absolute Gasteiger partial charge is 0.327 e. The third-order valence-corrected chi connectivity index (χ3v) is 3.08. The number of hydrogen-bond acceptors (Lipinski definition) is 8. The molecule has 0 unspecified atom stereocenters. The molecule has 0 saturated carbocycles. The fourth-order valence-corrected chi connectivity index (χ4v) is 1.92. The van der Waals surface area contributed by atoms with Gasteiger partial charge in [-0.25, -0.2) is 9.78 Å². The third-order valence-electron chi connectivity index (χ3n) is 3.08. The van der Waals surface area contributed by atoms with Gasteiger partial charge in [0.05, 0.1) is 19.3 Å².